The smallest absolute Gasteiger partial charge is 0.250 e. The van der Waals surface area contributed by atoms with E-state index in [1.165, 1.54) is 0 Å². The molecule has 1 aromatic heterocycles. The molecule has 0 spiro atoms. The average molecular weight is 234 g/mol. The first-order chi connectivity index (χ1) is 8.04. The molecule has 0 radical (unpaired) electrons. The molecular weight excluding hydrogens is 212 g/mol. The Balaban J connectivity index is 0.00000121. The zero-order valence-electron chi connectivity index (χ0n) is 11.6. The monoisotopic (exact) mass is 234 g/mol. The number of nitrogens with one attached hydrogen (secondary N) is 1. The first kappa shape index (κ1) is 15.4. The number of aromatic nitrogens is 1. The third-order valence-electron chi connectivity index (χ3n) is 2.32. The van der Waals surface area contributed by atoms with Crippen molar-refractivity contribution in [1.29, 1.82) is 0 Å². The summed E-state index contributed by atoms with van der Waals surface area (Å²) < 4.78 is 0. The van der Waals surface area contributed by atoms with Gasteiger partial charge >= 0.3 is 0 Å². The number of allylic oxidation sites excluding steroid dienone is 2. The predicted octanol–water partition coefficient (Wildman–Crippen LogP) is 3.20. The summed E-state index contributed by atoms with van der Waals surface area (Å²) in [4.78, 5) is 17.9. The SMILES string of the molecule is CC.CN=C(C)/C=C(\C)c1c[nH]c(=O)c(C)c1. The van der Waals surface area contributed by atoms with Crippen molar-refractivity contribution >= 4 is 11.3 Å². The Morgan fingerprint density at radius 2 is 1.94 bits per heavy atom. The molecule has 0 saturated carbocycles. The number of H-pyrrole nitrogens is 1. The normalized spacial score (nSPS) is 11.9. The number of rotatable bonds is 2. The highest BCUT2D eigenvalue weighted by atomic mass is 16.1. The number of aliphatic imine (C=N–C) groups is 1. The second-order valence-electron chi connectivity index (χ2n) is 3.59. The first-order valence-corrected chi connectivity index (χ1v) is 5.86. The lowest BCUT2D eigenvalue weighted by Crippen LogP contribution is -2.08. The number of aromatic amines is 1. The van der Waals surface area contributed by atoms with Crippen LogP contribution in [0.4, 0.5) is 0 Å². The summed E-state index contributed by atoms with van der Waals surface area (Å²) in [7, 11) is 1.76. The molecule has 3 nitrogen and oxygen atoms in total. The van der Waals surface area contributed by atoms with Gasteiger partial charge in [0, 0.05) is 24.5 Å². The van der Waals surface area contributed by atoms with Crippen LogP contribution in [-0.2, 0) is 0 Å². The van der Waals surface area contributed by atoms with Crippen LogP contribution in [-0.4, -0.2) is 17.7 Å². The molecule has 0 aromatic carbocycles. The number of hydrogen-bond acceptors (Lipinski definition) is 2. The fourth-order valence-electron chi connectivity index (χ4n) is 1.29. The maximum atomic E-state index is 11.2. The van der Waals surface area contributed by atoms with Crippen LogP contribution in [0.25, 0.3) is 5.57 Å². The lowest BCUT2D eigenvalue weighted by Gasteiger charge is -2.02. The highest BCUT2D eigenvalue weighted by molar-refractivity contribution is 5.98. The Morgan fingerprint density at radius 3 is 2.41 bits per heavy atom. The van der Waals surface area contributed by atoms with Crippen molar-refractivity contribution < 1.29 is 0 Å². The topological polar surface area (TPSA) is 45.2 Å². The standard InChI is InChI=1S/C12H16N2O.C2H6/c1-8(5-10(3)13-4)11-6-9(2)12(15)14-7-11;1-2/h5-7H,1-4H3,(H,14,15);1-2H3/b8-5+,13-10?;. The molecule has 17 heavy (non-hydrogen) atoms. The third kappa shape index (κ3) is 4.81. The number of aryl methyl sites for hydroxylation is 1. The molecule has 0 unspecified atom stereocenters. The van der Waals surface area contributed by atoms with Crippen molar-refractivity contribution in [3.05, 3.63) is 39.8 Å². The van der Waals surface area contributed by atoms with Gasteiger partial charge in [-0.15, -0.1) is 0 Å². The van der Waals surface area contributed by atoms with E-state index >= 15 is 0 Å². The van der Waals surface area contributed by atoms with Crippen LogP contribution in [0.2, 0.25) is 0 Å². The summed E-state index contributed by atoms with van der Waals surface area (Å²) >= 11 is 0. The predicted molar refractivity (Wildman–Crippen MR) is 75.8 cm³/mol. The molecule has 1 heterocycles. The fraction of sp³-hybridized carbons (Fsp3) is 0.429. The number of pyridine rings is 1. The average Bonchev–Trinajstić information content (AvgIpc) is 2.34. The highest BCUT2D eigenvalue weighted by Crippen LogP contribution is 2.12. The second-order valence-corrected chi connectivity index (χ2v) is 3.59. The second kappa shape index (κ2) is 7.60. The van der Waals surface area contributed by atoms with E-state index < -0.39 is 0 Å². The zero-order chi connectivity index (χ0) is 13.4. The summed E-state index contributed by atoms with van der Waals surface area (Å²) in [5, 5.41) is 0. The number of nitrogens with zero attached hydrogens (tertiary/aromatic N) is 1. The molecular formula is C14H22N2O. The van der Waals surface area contributed by atoms with Crippen LogP contribution in [0.15, 0.2) is 28.1 Å². The summed E-state index contributed by atoms with van der Waals surface area (Å²) in [6.45, 7) is 9.75. The Morgan fingerprint density at radius 1 is 1.35 bits per heavy atom. The molecule has 1 rings (SSSR count). The molecule has 0 fully saturated rings. The lowest BCUT2D eigenvalue weighted by molar-refractivity contribution is 1.17. The fourth-order valence-corrected chi connectivity index (χ4v) is 1.29. The van der Waals surface area contributed by atoms with Crippen LogP contribution in [0, 0.1) is 6.92 Å². The van der Waals surface area contributed by atoms with Gasteiger partial charge in [-0.25, -0.2) is 0 Å². The number of hydrogen-bond donors (Lipinski definition) is 1. The third-order valence-corrected chi connectivity index (χ3v) is 2.32. The Bertz CT molecular complexity index is 467. The van der Waals surface area contributed by atoms with Crippen molar-refractivity contribution in [3.63, 3.8) is 0 Å². The van der Waals surface area contributed by atoms with Crippen molar-refractivity contribution in [2.75, 3.05) is 7.05 Å². The van der Waals surface area contributed by atoms with Gasteiger partial charge in [-0.2, -0.15) is 0 Å². The van der Waals surface area contributed by atoms with Crippen LogP contribution in [0.1, 0.15) is 38.8 Å². The van der Waals surface area contributed by atoms with E-state index in [0.29, 0.717) is 0 Å². The molecule has 94 valence electrons. The quantitative estimate of drug-likeness (QED) is 0.785. The summed E-state index contributed by atoms with van der Waals surface area (Å²) in [6.07, 6.45) is 3.72. The van der Waals surface area contributed by atoms with Gasteiger partial charge in [0.2, 0.25) is 0 Å². The van der Waals surface area contributed by atoms with E-state index in [9.17, 15) is 4.79 Å². The molecule has 1 aromatic rings. The van der Waals surface area contributed by atoms with Gasteiger partial charge in [0.1, 0.15) is 0 Å². The van der Waals surface area contributed by atoms with Gasteiger partial charge in [-0.3, -0.25) is 9.79 Å². The van der Waals surface area contributed by atoms with E-state index in [-0.39, 0.29) is 5.56 Å². The summed E-state index contributed by atoms with van der Waals surface area (Å²) in [6, 6.07) is 1.88. The maximum absolute atomic E-state index is 11.2. The van der Waals surface area contributed by atoms with Crippen molar-refractivity contribution in [2.45, 2.75) is 34.6 Å². The molecule has 0 aliphatic rings. The minimum atomic E-state index is -0.0348. The zero-order valence-corrected chi connectivity index (χ0v) is 11.6. The van der Waals surface area contributed by atoms with E-state index in [1.807, 2.05) is 39.8 Å². The highest BCUT2D eigenvalue weighted by Gasteiger charge is 1.99. The maximum Gasteiger partial charge on any atom is 0.250 e. The van der Waals surface area contributed by atoms with Crippen molar-refractivity contribution in [2.24, 2.45) is 4.99 Å². The minimum Gasteiger partial charge on any atom is -0.328 e. The largest absolute Gasteiger partial charge is 0.328 e. The molecule has 0 amide bonds. The van der Waals surface area contributed by atoms with E-state index in [2.05, 4.69) is 9.98 Å². The van der Waals surface area contributed by atoms with Crippen LogP contribution < -0.4 is 5.56 Å². The van der Waals surface area contributed by atoms with Gasteiger partial charge < -0.3 is 4.98 Å². The Hall–Kier alpha value is -1.64. The van der Waals surface area contributed by atoms with E-state index in [4.69, 9.17) is 0 Å². The minimum absolute atomic E-state index is 0.0348. The summed E-state index contributed by atoms with van der Waals surface area (Å²) in [5.74, 6) is 0. The van der Waals surface area contributed by atoms with Crippen molar-refractivity contribution in [3.8, 4) is 0 Å². The molecule has 0 aliphatic carbocycles. The Kier molecular flexibility index (Phi) is 6.87. The van der Waals surface area contributed by atoms with Crippen molar-refractivity contribution in [1.82, 2.24) is 4.98 Å². The molecule has 1 N–H and O–H groups in total. The molecule has 0 bridgehead atoms. The Labute approximate surface area is 103 Å². The van der Waals surface area contributed by atoms with E-state index in [1.54, 1.807) is 20.2 Å². The van der Waals surface area contributed by atoms with Gasteiger partial charge in [-0.05, 0) is 44.1 Å². The first-order valence-electron chi connectivity index (χ1n) is 5.86. The lowest BCUT2D eigenvalue weighted by atomic mass is 10.1. The van der Waals surface area contributed by atoms with Crippen LogP contribution in [0.5, 0.6) is 0 Å². The van der Waals surface area contributed by atoms with Gasteiger partial charge in [-0.1, -0.05) is 13.8 Å². The van der Waals surface area contributed by atoms with Crippen LogP contribution >= 0.6 is 0 Å². The van der Waals surface area contributed by atoms with Crippen LogP contribution in [0.3, 0.4) is 0 Å². The van der Waals surface area contributed by atoms with Gasteiger partial charge in [0.05, 0.1) is 0 Å². The molecule has 0 aliphatic heterocycles. The van der Waals surface area contributed by atoms with E-state index in [0.717, 1.165) is 22.4 Å². The van der Waals surface area contributed by atoms with Gasteiger partial charge in [0.15, 0.2) is 0 Å². The molecule has 3 heteroatoms. The summed E-state index contributed by atoms with van der Waals surface area (Å²) in [5.41, 5.74) is 3.78. The molecule has 0 saturated heterocycles. The molecule has 0 atom stereocenters. The van der Waals surface area contributed by atoms with Gasteiger partial charge in [0.25, 0.3) is 5.56 Å².